The van der Waals surface area contributed by atoms with Crippen LogP contribution < -0.4 is 4.90 Å². The number of azo groups is 1. The minimum Gasteiger partial charge on any atom is -0.371 e. The number of hydrogen-bond donors (Lipinski definition) is 0. The van der Waals surface area contributed by atoms with Gasteiger partial charge >= 0.3 is 0 Å². The molecule has 0 aliphatic rings. The molecule has 0 fully saturated rings. The highest BCUT2D eigenvalue weighted by atomic mass is 32.1. The van der Waals surface area contributed by atoms with Crippen LogP contribution in [0.2, 0.25) is 0 Å². The minimum atomic E-state index is 0.555. The number of unbranched alkanes of at least 4 members (excludes halogenated alkanes) is 3. The SMILES string of the molecule is CCCCc1cnc(-c2cc(C#N)c(N=Nc3ccc(N(CC(CC)CCCC)CC(CC)CCCC)cc3C)s2)s1. The summed E-state index contributed by atoms with van der Waals surface area (Å²) >= 11 is 3.21. The molecule has 42 heavy (non-hydrogen) atoms. The average Bonchev–Trinajstić information content (AvgIpc) is 3.65. The molecule has 0 aliphatic carbocycles. The molecule has 0 radical (unpaired) electrons. The third-order valence-corrected chi connectivity index (χ3v) is 10.5. The van der Waals surface area contributed by atoms with Gasteiger partial charge in [-0.2, -0.15) is 5.26 Å². The van der Waals surface area contributed by atoms with Gasteiger partial charge < -0.3 is 4.90 Å². The predicted octanol–water partition coefficient (Wildman–Crippen LogP) is 12.0. The van der Waals surface area contributed by atoms with Crippen molar-refractivity contribution in [2.45, 2.75) is 112 Å². The van der Waals surface area contributed by atoms with Crippen molar-refractivity contribution in [1.82, 2.24) is 4.98 Å². The summed E-state index contributed by atoms with van der Waals surface area (Å²) in [6.07, 6.45) is 15.5. The summed E-state index contributed by atoms with van der Waals surface area (Å²) in [4.78, 5) is 9.53. The van der Waals surface area contributed by atoms with Crippen molar-refractivity contribution in [2.75, 3.05) is 18.0 Å². The predicted molar refractivity (Wildman–Crippen MR) is 183 cm³/mol. The van der Waals surface area contributed by atoms with Crippen molar-refractivity contribution < 1.29 is 0 Å². The summed E-state index contributed by atoms with van der Waals surface area (Å²) in [6.45, 7) is 15.8. The fraction of sp³-hybridized carbons (Fsp3) is 0.600. The fourth-order valence-corrected chi connectivity index (χ4v) is 7.26. The first-order valence-electron chi connectivity index (χ1n) is 16.2. The standard InChI is InChI=1S/C35H51N5S2/c1-7-12-15-27(10-4)24-40(25-28(11-5)16-13-8-2)30-18-19-32(26(6)20-30)38-39-34-29(22-36)21-33(42-34)35-37-23-31(41-35)17-14-9-3/h18-21,23,27-28H,7-17,24-25H2,1-6H3. The Morgan fingerprint density at radius 1 is 0.881 bits per heavy atom. The summed E-state index contributed by atoms with van der Waals surface area (Å²) in [6, 6.07) is 10.8. The number of anilines is 1. The molecule has 1 aromatic carbocycles. The quantitative estimate of drug-likeness (QED) is 0.128. The van der Waals surface area contributed by atoms with Crippen molar-refractivity contribution in [3.63, 3.8) is 0 Å². The zero-order valence-electron chi connectivity index (χ0n) is 26.8. The molecule has 0 spiro atoms. The van der Waals surface area contributed by atoms with E-state index in [9.17, 15) is 5.26 Å². The van der Waals surface area contributed by atoms with Crippen LogP contribution in [0.4, 0.5) is 16.4 Å². The molecule has 2 atom stereocenters. The normalized spacial score (nSPS) is 13.0. The van der Waals surface area contributed by atoms with Crippen LogP contribution in [-0.2, 0) is 6.42 Å². The largest absolute Gasteiger partial charge is 0.371 e. The van der Waals surface area contributed by atoms with Gasteiger partial charge in [-0.3, -0.25) is 0 Å². The van der Waals surface area contributed by atoms with Crippen molar-refractivity contribution in [3.8, 4) is 16.0 Å². The number of nitrogens with zero attached hydrogens (tertiary/aromatic N) is 5. The van der Waals surface area contributed by atoms with E-state index >= 15 is 0 Å². The minimum absolute atomic E-state index is 0.555. The van der Waals surface area contributed by atoms with Gasteiger partial charge in [0.25, 0.3) is 0 Å². The first-order chi connectivity index (χ1) is 20.5. The molecular weight excluding hydrogens is 555 g/mol. The lowest BCUT2D eigenvalue weighted by Crippen LogP contribution is -2.34. The summed E-state index contributed by atoms with van der Waals surface area (Å²) in [5.74, 6) is 1.43. The summed E-state index contributed by atoms with van der Waals surface area (Å²) < 4.78 is 0. The summed E-state index contributed by atoms with van der Waals surface area (Å²) in [5.41, 5.74) is 3.81. The van der Waals surface area contributed by atoms with Crippen LogP contribution >= 0.6 is 22.7 Å². The second kappa shape index (κ2) is 18.2. The second-order valence-electron chi connectivity index (χ2n) is 11.6. The third-order valence-electron chi connectivity index (χ3n) is 8.21. The highest BCUT2D eigenvalue weighted by Crippen LogP contribution is 2.40. The van der Waals surface area contributed by atoms with Crippen LogP contribution in [0.3, 0.4) is 0 Å². The van der Waals surface area contributed by atoms with E-state index in [2.05, 4.69) is 85.9 Å². The lowest BCUT2D eigenvalue weighted by molar-refractivity contribution is 0.403. The van der Waals surface area contributed by atoms with Gasteiger partial charge in [-0.1, -0.05) is 79.6 Å². The number of nitriles is 1. The molecule has 3 rings (SSSR count). The molecule has 2 aromatic heterocycles. The van der Waals surface area contributed by atoms with Gasteiger partial charge in [-0.15, -0.1) is 32.9 Å². The maximum Gasteiger partial charge on any atom is 0.157 e. The number of benzene rings is 1. The lowest BCUT2D eigenvalue weighted by Gasteiger charge is -2.33. The molecule has 0 saturated heterocycles. The van der Waals surface area contributed by atoms with E-state index in [1.54, 1.807) is 11.3 Å². The summed E-state index contributed by atoms with van der Waals surface area (Å²) in [5, 5.41) is 20.6. The van der Waals surface area contributed by atoms with Crippen LogP contribution in [0.1, 0.15) is 115 Å². The van der Waals surface area contributed by atoms with Crippen molar-refractivity contribution in [1.29, 1.82) is 5.26 Å². The number of thiophene rings is 1. The van der Waals surface area contributed by atoms with E-state index in [1.165, 1.54) is 86.1 Å². The van der Waals surface area contributed by atoms with Crippen molar-refractivity contribution in [2.24, 2.45) is 22.1 Å². The Morgan fingerprint density at radius 3 is 2.12 bits per heavy atom. The van der Waals surface area contributed by atoms with E-state index in [-0.39, 0.29) is 0 Å². The van der Waals surface area contributed by atoms with Gasteiger partial charge in [0, 0.05) is 29.9 Å². The van der Waals surface area contributed by atoms with Gasteiger partial charge in [0.2, 0.25) is 0 Å². The highest BCUT2D eigenvalue weighted by Gasteiger charge is 2.19. The van der Waals surface area contributed by atoms with Crippen molar-refractivity contribution >= 4 is 39.0 Å². The molecule has 2 unspecified atom stereocenters. The smallest absolute Gasteiger partial charge is 0.157 e. The third kappa shape index (κ3) is 10.0. The van der Waals surface area contributed by atoms with Crippen LogP contribution in [0.15, 0.2) is 40.7 Å². The van der Waals surface area contributed by atoms with E-state index in [0.29, 0.717) is 22.4 Å². The maximum atomic E-state index is 9.77. The van der Waals surface area contributed by atoms with Gasteiger partial charge in [-0.25, -0.2) is 4.98 Å². The van der Waals surface area contributed by atoms with E-state index < -0.39 is 0 Å². The monoisotopic (exact) mass is 605 g/mol. The molecule has 0 aliphatic heterocycles. The van der Waals surface area contributed by atoms with Crippen molar-refractivity contribution in [3.05, 3.63) is 46.5 Å². The average molecular weight is 606 g/mol. The van der Waals surface area contributed by atoms with Gasteiger partial charge in [0.15, 0.2) is 5.00 Å². The van der Waals surface area contributed by atoms with Crippen LogP contribution in [0, 0.1) is 30.1 Å². The Labute approximate surface area is 263 Å². The van der Waals surface area contributed by atoms with E-state index in [4.69, 9.17) is 0 Å². The molecule has 7 heteroatoms. The van der Waals surface area contributed by atoms with Crippen LogP contribution in [0.25, 0.3) is 9.88 Å². The molecule has 0 amide bonds. The molecule has 228 valence electrons. The molecule has 5 nitrogen and oxygen atoms in total. The lowest BCUT2D eigenvalue weighted by atomic mass is 9.95. The first-order valence-corrected chi connectivity index (χ1v) is 17.9. The summed E-state index contributed by atoms with van der Waals surface area (Å²) in [7, 11) is 0. The Morgan fingerprint density at radius 2 is 1.55 bits per heavy atom. The Hall–Kier alpha value is -2.56. The van der Waals surface area contributed by atoms with Gasteiger partial charge in [-0.05, 0) is 74.3 Å². The number of rotatable bonds is 19. The van der Waals surface area contributed by atoms with Crippen LogP contribution in [0.5, 0.6) is 0 Å². The fourth-order valence-electron chi connectivity index (χ4n) is 5.32. The maximum absolute atomic E-state index is 9.77. The first kappa shape index (κ1) is 33.9. The van der Waals surface area contributed by atoms with E-state index in [0.717, 1.165) is 40.6 Å². The number of thiazole rings is 1. The molecule has 0 saturated carbocycles. The number of hydrogen-bond acceptors (Lipinski definition) is 7. The van der Waals surface area contributed by atoms with Gasteiger partial charge in [0.05, 0.1) is 16.1 Å². The Bertz CT molecular complexity index is 1270. The topological polar surface area (TPSA) is 64.6 Å². The Balaban J connectivity index is 1.82. The molecular formula is C35H51N5S2. The molecule has 0 bridgehead atoms. The molecule has 2 heterocycles. The number of aryl methyl sites for hydroxylation is 2. The van der Waals surface area contributed by atoms with Crippen LogP contribution in [-0.4, -0.2) is 18.1 Å². The van der Waals surface area contributed by atoms with Gasteiger partial charge in [0.1, 0.15) is 11.1 Å². The zero-order chi connectivity index (χ0) is 30.3. The second-order valence-corrected chi connectivity index (χ2v) is 13.7. The highest BCUT2D eigenvalue weighted by molar-refractivity contribution is 7.24. The van der Waals surface area contributed by atoms with E-state index in [1.807, 2.05) is 12.3 Å². The molecule has 3 aromatic rings. The Kier molecular flexibility index (Phi) is 14.7. The zero-order valence-corrected chi connectivity index (χ0v) is 28.4. The number of aromatic nitrogens is 1. The molecule has 0 N–H and O–H groups in total.